The minimum Gasteiger partial charge on any atom is -0.456 e. The summed E-state index contributed by atoms with van der Waals surface area (Å²) in [6, 6.07) is 15.9. The van der Waals surface area contributed by atoms with Crippen LogP contribution in [0.5, 0.6) is 0 Å². The highest BCUT2D eigenvalue weighted by molar-refractivity contribution is 6.30. The zero-order chi connectivity index (χ0) is 32.9. The van der Waals surface area contributed by atoms with E-state index in [2.05, 4.69) is 0 Å². The summed E-state index contributed by atoms with van der Waals surface area (Å²) in [7, 11) is 0. The van der Waals surface area contributed by atoms with Gasteiger partial charge in [0, 0.05) is 37.7 Å². The molecule has 0 N–H and O–H groups in total. The molecule has 5 nitrogen and oxygen atoms in total. The number of aromatic nitrogens is 4. The molecule has 5 aromatic carbocycles. The zero-order valence-electron chi connectivity index (χ0n) is 27.9. The Balaban J connectivity index is 1.58. The summed E-state index contributed by atoms with van der Waals surface area (Å²) in [6.45, 7) is 0. The fraction of sp³-hybridized carbons (Fsp3) is 0. The molecule has 0 unspecified atom stereocenters. The van der Waals surface area contributed by atoms with Crippen molar-refractivity contribution in [3.05, 3.63) is 120 Å². The highest BCUT2D eigenvalue weighted by atomic mass is 35.5. The Labute approximate surface area is 239 Å². The van der Waals surface area contributed by atoms with Crippen molar-refractivity contribution in [1.29, 1.82) is 0 Å². The summed E-state index contributed by atoms with van der Waals surface area (Å²) < 4.78 is 76.4. The number of hydrogen-bond acceptors (Lipinski definition) is 4. The summed E-state index contributed by atoms with van der Waals surface area (Å²) in [5.41, 5.74) is 2.17. The van der Waals surface area contributed by atoms with Gasteiger partial charge in [-0.15, -0.1) is 0 Å². The molecule has 0 radical (unpaired) electrons. The SMILES string of the molecule is [2H]c1c([2H])c([2H])c2c(c1[2H])c1c([2H])c([2H])c([2H])c([2H])c1n2-c1nc(-c2cccc(Cl)c2)nc(-c2cccc3oc4ccccc4c23)n1. The lowest BCUT2D eigenvalue weighted by atomic mass is 10.1. The third kappa shape index (κ3) is 3.44. The van der Waals surface area contributed by atoms with Crippen LogP contribution in [0.1, 0.15) is 11.0 Å². The van der Waals surface area contributed by atoms with Crippen LogP contribution >= 0.6 is 11.6 Å². The van der Waals surface area contributed by atoms with E-state index in [9.17, 15) is 0 Å². The molecule has 0 amide bonds. The van der Waals surface area contributed by atoms with Crippen LogP contribution in [0.3, 0.4) is 0 Å². The highest BCUT2D eigenvalue weighted by Crippen LogP contribution is 2.37. The van der Waals surface area contributed by atoms with Crippen LogP contribution in [0.2, 0.25) is 5.02 Å². The standard InChI is InChI=1S/C33H19ClN4O/c34-21-10-7-9-20(19-21)31-35-32(25-14-8-18-29-30(25)24-13-3-6-17-28(24)39-29)37-33(36-31)38-26-15-4-1-11-22(26)23-12-2-5-16-27(23)38/h1-19H/i1D,2D,4D,5D,11D,12D,15D,16D. The Bertz CT molecular complexity index is 2580. The van der Waals surface area contributed by atoms with Crippen LogP contribution < -0.4 is 0 Å². The first-order valence-corrected chi connectivity index (χ1v) is 12.4. The molecule has 0 fully saturated rings. The average Bonchev–Trinajstić information content (AvgIpc) is 3.65. The van der Waals surface area contributed by atoms with Crippen molar-refractivity contribution in [2.24, 2.45) is 0 Å². The van der Waals surface area contributed by atoms with Crippen molar-refractivity contribution in [3.63, 3.8) is 0 Å². The van der Waals surface area contributed by atoms with E-state index in [1.54, 1.807) is 30.3 Å². The average molecular weight is 531 g/mol. The molecule has 8 aromatic rings. The first-order valence-electron chi connectivity index (χ1n) is 16.0. The summed E-state index contributed by atoms with van der Waals surface area (Å²) in [5, 5.41) is 1.83. The minimum absolute atomic E-state index is 0.0767. The third-order valence-electron chi connectivity index (χ3n) is 6.58. The monoisotopic (exact) mass is 530 g/mol. The zero-order valence-corrected chi connectivity index (χ0v) is 20.7. The van der Waals surface area contributed by atoms with Crippen molar-refractivity contribution in [2.75, 3.05) is 0 Å². The molecule has 3 heterocycles. The molecule has 0 atom stereocenters. The Morgan fingerprint density at radius 3 is 2.15 bits per heavy atom. The van der Waals surface area contributed by atoms with Crippen LogP contribution in [-0.2, 0) is 0 Å². The van der Waals surface area contributed by atoms with Gasteiger partial charge in [0.1, 0.15) is 11.2 Å². The topological polar surface area (TPSA) is 56.7 Å². The summed E-state index contributed by atoms with van der Waals surface area (Å²) >= 11 is 6.36. The van der Waals surface area contributed by atoms with E-state index in [1.807, 2.05) is 36.4 Å². The second-order valence-corrected chi connectivity index (χ2v) is 9.29. The number of rotatable bonds is 3. The lowest BCUT2D eigenvalue weighted by Gasteiger charge is -2.11. The maximum absolute atomic E-state index is 8.91. The Morgan fingerprint density at radius 1 is 0.667 bits per heavy atom. The molecule has 0 saturated heterocycles. The molecule has 0 saturated carbocycles. The number of halogens is 1. The van der Waals surface area contributed by atoms with Gasteiger partial charge in [-0.05, 0) is 36.4 Å². The van der Waals surface area contributed by atoms with Crippen molar-refractivity contribution in [2.45, 2.75) is 0 Å². The molecule has 6 heteroatoms. The van der Waals surface area contributed by atoms with Crippen LogP contribution in [0.15, 0.2) is 119 Å². The maximum Gasteiger partial charge on any atom is 0.238 e. The smallest absolute Gasteiger partial charge is 0.238 e. The second kappa shape index (κ2) is 8.51. The largest absolute Gasteiger partial charge is 0.456 e. The van der Waals surface area contributed by atoms with Crippen LogP contribution in [-0.4, -0.2) is 19.5 Å². The van der Waals surface area contributed by atoms with E-state index in [4.69, 9.17) is 41.9 Å². The van der Waals surface area contributed by atoms with Gasteiger partial charge in [0.25, 0.3) is 0 Å². The van der Waals surface area contributed by atoms with E-state index >= 15 is 0 Å². The lowest BCUT2D eigenvalue weighted by Crippen LogP contribution is -2.06. The number of fused-ring (bicyclic) bond motifs is 6. The van der Waals surface area contributed by atoms with Gasteiger partial charge >= 0.3 is 0 Å². The molecule has 8 rings (SSSR count). The molecular formula is C33H19ClN4O. The second-order valence-electron chi connectivity index (χ2n) is 8.85. The number of benzene rings is 5. The Kier molecular flexibility index (Phi) is 3.37. The van der Waals surface area contributed by atoms with E-state index in [1.165, 1.54) is 4.57 Å². The van der Waals surface area contributed by atoms with Gasteiger partial charge in [-0.3, -0.25) is 4.57 Å². The van der Waals surface area contributed by atoms with Gasteiger partial charge in [-0.1, -0.05) is 90.3 Å². The molecule has 0 aliphatic heterocycles. The Hall–Kier alpha value is -5.00. The number of hydrogen-bond donors (Lipinski definition) is 0. The summed E-state index contributed by atoms with van der Waals surface area (Å²) in [5.74, 6) is 0.248. The van der Waals surface area contributed by atoms with Crippen molar-refractivity contribution in [3.8, 4) is 28.7 Å². The summed E-state index contributed by atoms with van der Waals surface area (Å²) in [4.78, 5) is 14.4. The predicted molar refractivity (Wildman–Crippen MR) is 157 cm³/mol. The van der Waals surface area contributed by atoms with Crippen molar-refractivity contribution >= 4 is 55.3 Å². The normalized spacial score (nSPS) is 14.6. The van der Waals surface area contributed by atoms with E-state index in [-0.39, 0.29) is 39.4 Å². The lowest BCUT2D eigenvalue weighted by molar-refractivity contribution is 0.669. The van der Waals surface area contributed by atoms with Gasteiger partial charge < -0.3 is 4.42 Å². The number of furan rings is 1. The van der Waals surface area contributed by atoms with E-state index < -0.39 is 48.3 Å². The fourth-order valence-corrected chi connectivity index (χ4v) is 5.11. The molecular weight excluding hydrogens is 504 g/mol. The molecule has 0 spiro atoms. The van der Waals surface area contributed by atoms with Gasteiger partial charge in [-0.2, -0.15) is 9.97 Å². The highest BCUT2D eigenvalue weighted by Gasteiger charge is 2.20. The van der Waals surface area contributed by atoms with Crippen LogP contribution in [0.25, 0.3) is 72.5 Å². The molecule has 0 bridgehead atoms. The summed E-state index contributed by atoms with van der Waals surface area (Å²) in [6.07, 6.45) is 0. The van der Waals surface area contributed by atoms with Gasteiger partial charge in [0.15, 0.2) is 11.6 Å². The fourth-order valence-electron chi connectivity index (χ4n) is 4.92. The quantitative estimate of drug-likeness (QED) is 0.229. The van der Waals surface area contributed by atoms with Gasteiger partial charge in [0.2, 0.25) is 5.95 Å². The number of nitrogens with zero attached hydrogens (tertiary/aromatic N) is 4. The van der Waals surface area contributed by atoms with Crippen molar-refractivity contribution < 1.29 is 15.4 Å². The van der Waals surface area contributed by atoms with E-state index in [0.717, 1.165) is 10.8 Å². The van der Waals surface area contributed by atoms with E-state index in [0.29, 0.717) is 27.3 Å². The van der Waals surface area contributed by atoms with Crippen molar-refractivity contribution in [1.82, 2.24) is 19.5 Å². The van der Waals surface area contributed by atoms with Gasteiger partial charge in [-0.25, -0.2) is 4.98 Å². The molecule has 39 heavy (non-hydrogen) atoms. The Morgan fingerprint density at radius 2 is 1.36 bits per heavy atom. The van der Waals surface area contributed by atoms with Crippen LogP contribution in [0.4, 0.5) is 0 Å². The molecule has 3 aromatic heterocycles. The van der Waals surface area contributed by atoms with Gasteiger partial charge in [0.05, 0.1) is 22.0 Å². The third-order valence-corrected chi connectivity index (χ3v) is 6.82. The maximum atomic E-state index is 8.91. The molecule has 0 aliphatic rings. The first-order chi connectivity index (χ1) is 22.6. The molecule has 184 valence electrons. The minimum atomic E-state index is -0.541. The predicted octanol–water partition coefficient (Wildman–Crippen LogP) is 8.86. The molecule has 0 aliphatic carbocycles. The number of para-hydroxylation sites is 3. The first kappa shape index (κ1) is 15.4. The van der Waals surface area contributed by atoms with Crippen LogP contribution in [0, 0.1) is 0 Å².